The Morgan fingerprint density at radius 3 is 2.52 bits per heavy atom. The van der Waals surface area contributed by atoms with Crippen molar-refractivity contribution in [1.82, 2.24) is 20.1 Å². The Balaban J connectivity index is 1.30. The van der Waals surface area contributed by atoms with Crippen LogP contribution in [0.4, 0.5) is 0 Å². The summed E-state index contributed by atoms with van der Waals surface area (Å²) in [5, 5.41) is 10.4. The average molecular weight is 437 g/mol. The van der Waals surface area contributed by atoms with Crippen LogP contribution in [0.1, 0.15) is 43.6 Å². The molecule has 0 unspecified atom stereocenters. The largest absolute Gasteiger partial charge is 0.497 e. The lowest BCUT2D eigenvalue weighted by atomic mass is 9.82. The fourth-order valence-electron chi connectivity index (χ4n) is 4.30. The Hall–Kier alpha value is -2.93. The van der Waals surface area contributed by atoms with Gasteiger partial charge in [0.15, 0.2) is 10.6 Å². The van der Waals surface area contributed by atoms with E-state index in [0.29, 0.717) is 23.7 Å². The molecule has 31 heavy (non-hydrogen) atoms. The molecule has 0 radical (unpaired) electrons. The Kier molecular flexibility index (Phi) is 6.82. The zero-order chi connectivity index (χ0) is 21.6. The number of aromatic amines is 1. The molecule has 0 aliphatic heterocycles. The minimum Gasteiger partial charge on any atom is -0.497 e. The molecule has 1 aromatic heterocycles. The molecule has 0 spiro atoms. The summed E-state index contributed by atoms with van der Waals surface area (Å²) in [6.07, 6.45) is 4.64. The zero-order valence-electron chi connectivity index (χ0n) is 17.7. The van der Waals surface area contributed by atoms with E-state index in [1.807, 2.05) is 28.8 Å². The standard InChI is InChI=1S/C24H28N4O2S/c1-30-21-13-9-19(10-14-21)23-26-27-24(31)28(23)16-15-22(29)25-20-11-7-18(8-12-20)17-5-3-2-4-6-17/h2-6,9-10,13-14,18,20H,7-8,11-12,15-16H2,1H3,(H,25,29)(H,27,31). The van der Waals surface area contributed by atoms with Gasteiger partial charge < -0.3 is 10.1 Å². The number of aromatic nitrogens is 3. The molecule has 162 valence electrons. The Labute approximate surface area is 187 Å². The van der Waals surface area contributed by atoms with Gasteiger partial charge in [-0.3, -0.25) is 14.5 Å². The van der Waals surface area contributed by atoms with Crippen LogP contribution in [0.2, 0.25) is 0 Å². The molecule has 0 atom stereocenters. The van der Waals surface area contributed by atoms with E-state index in [4.69, 9.17) is 17.0 Å². The number of carbonyl (C=O) groups excluding carboxylic acids is 1. The number of benzene rings is 2. The van der Waals surface area contributed by atoms with Gasteiger partial charge in [-0.1, -0.05) is 30.3 Å². The predicted octanol–water partition coefficient (Wildman–Crippen LogP) is 4.85. The molecular formula is C24H28N4O2S. The van der Waals surface area contributed by atoms with E-state index in [-0.39, 0.29) is 11.9 Å². The number of hydrogen-bond acceptors (Lipinski definition) is 4. The van der Waals surface area contributed by atoms with Crippen LogP contribution >= 0.6 is 12.2 Å². The first-order chi connectivity index (χ1) is 15.1. The van der Waals surface area contributed by atoms with Crippen molar-refractivity contribution in [2.75, 3.05) is 7.11 Å². The van der Waals surface area contributed by atoms with Crippen LogP contribution in [-0.2, 0) is 11.3 Å². The Morgan fingerprint density at radius 1 is 1.13 bits per heavy atom. The first kappa shape index (κ1) is 21.3. The monoisotopic (exact) mass is 436 g/mol. The Bertz CT molecular complexity index is 1050. The number of amides is 1. The van der Waals surface area contributed by atoms with Gasteiger partial charge in [0.2, 0.25) is 5.91 Å². The topological polar surface area (TPSA) is 71.9 Å². The van der Waals surface area contributed by atoms with Crippen LogP contribution in [0.5, 0.6) is 5.75 Å². The normalized spacial score (nSPS) is 18.5. The minimum absolute atomic E-state index is 0.0620. The zero-order valence-corrected chi connectivity index (χ0v) is 18.5. The molecule has 1 fully saturated rings. The number of methoxy groups -OCH3 is 1. The third-order valence-electron chi connectivity index (χ3n) is 6.03. The highest BCUT2D eigenvalue weighted by Gasteiger charge is 2.23. The van der Waals surface area contributed by atoms with Crippen molar-refractivity contribution in [3.05, 3.63) is 64.9 Å². The number of ether oxygens (including phenoxy) is 1. The summed E-state index contributed by atoms with van der Waals surface area (Å²) in [5.41, 5.74) is 2.33. The van der Waals surface area contributed by atoms with E-state index in [1.54, 1.807) is 7.11 Å². The molecule has 3 aromatic rings. The van der Waals surface area contributed by atoms with Gasteiger partial charge in [-0.25, -0.2) is 0 Å². The van der Waals surface area contributed by atoms with Crippen molar-refractivity contribution >= 4 is 18.1 Å². The summed E-state index contributed by atoms with van der Waals surface area (Å²) in [7, 11) is 1.64. The van der Waals surface area contributed by atoms with E-state index in [2.05, 4.69) is 45.8 Å². The molecule has 1 amide bonds. The quantitative estimate of drug-likeness (QED) is 0.520. The maximum atomic E-state index is 12.6. The first-order valence-electron chi connectivity index (χ1n) is 10.8. The molecule has 0 bridgehead atoms. The molecule has 1 saturated carbocycles. The number of rotatable bonds is 7. The minimum atomic E-state index is 0.0620. The third kappa shape index (κ3) is 5.22. The lowest BCUT2D eigenvalue weighted by Gasteiger charge is -2.29. The third-order valence-corrected chi connectivity index (χ3v) is 6.34. The van der Waals surface area contributed by atoms with Crippen molar-refractivity contribution in [2.45, 2.75) is 50.6 Å². The number of H-pyrrole nitrogens is 1. The molecule has 1 heterocycles. The first-order valence-corrected chi connectivity index (χ1v) is 11.2. The van der Waals surface area contributed by atoms with Crippen molar-refractivity contribution < 1.29 is 9.53 Å². The molecule has 7 heteroatoms. The predicted molar refractivity (Wildman–Crippen MR) is 124 cm³/mol. The maximum absolute atomic E-state index is 12.6. The van der Waals surface area contributed by atoms with Crippen LogP contribution in [0, 0.1) is 4.77 Å². The van der Waals surface area contributed by atoms with E-state index in [0.717, 1.165) is 42.8 Å². The van der Waals surface area contributed by atoms with Gasteiger partial charge in [0, 0.05) is 24.6 Å². The lowest BCUT2D eigenvalue weighted by molar-refractivity contribution is -0.122. The number of carbonyl (C=O) groups is 1. The summed E-state index contributed by atoms with van der Waals surface area (Å²) in [5.74, 6) is 2.17. The van der Waals surface area contributed by atoms with Crippen molar-refractivity contribution in [2.24, 2.45) is 0 Å². The van der Waals surface area contributed by atoms with Crippen LogP contribution in [0.3, 0.4) is 0 Å². The fourth-order valence-corrected chi connectivity index (χ4v) is 4.52. The molecule has 2 N–H and O–H groups in total. The molecule has 6 nitrogen and oxygen atoms in total. The molecule has 2 aromatic carbocycles. The second-order valence-electron chi connectivity index (χ2n) is 8.01. The van der Waals surface area contributed by atoms with Crippen molar-refractivity contribution in [3.8, 4) is 17.1 Å². The smallest absolute Gasteiger partial charge is 0.222 e. The maximum Gasteiger partial charge on any atom is 0.222 e. The van der Waals surface area contributed by atoms with Gasteiger partial charge in [-0.05, 0) is 73.6 Å². The van der Waals surface area contributed by atoms with E-state index in [9.17, 15) is 4.79 Å². The summed E-state index contributed by atoms with van der Waals surface area (Å²) in [6, 6.07) is 18.6. The van der Waals surface area contributed by atoms with Gasteiger partial charge in [-0.15, -0.1) is 0 Å². The van der Waals surface area contributed by atoms with Crippen LogP contribution in [0.25, 0.3) is 11.4 Å². The summed E-state index contributed by atoms with van der Waals surface area (Å²) >= 11 is 5.38. The second kappa shape index (κ2) is 9.92. The van der Waals surface area contributed by atoms with E-state index in [1.165, 1.54) is 5.56 Å². The van der Waals surface area contributed by atoms with Crippen LogP contribution in [-0.4, -0.2) is 33.8 Å². The highest BCUT2D eigenvalue weighted by molar-refractivity contribution is 7.71. The molecular weight excluding hydrogens is 408 g/mol. The average Bonchev–Trinajstić information content (AvgIpc) is 3.19. The number of hydrogen-bond donors (Lipinski definition) is 2. The summed E-state index contributed by atoms with van der Waals surface area (Å²) < 4.78 is 7.61. The molecule has 4 rings (SSSR count). The van der Waals surface area contributed by atoms with Gasteiger partial charge in [0.1, 0.15) is 5.75 Å². The second-order valence-corrected chi connectivity index (χ2v) is 8.40. The van der Waals surface area contributed by atoms with Crippen LogP contribution in [0.15, 0.2) is 54.6 Å². The Morgan fingerprint density at radius 2 is 1.84 bits per heavy atom. The van der Waals surface area contributed by atoms with E-state index < -0.39 is 0 Å². The van der Waals surface area contributed by atoms with Crippen LogP contribution < -0.4 is 10.1 Å². The van der Waals surface area contributed by atoms with Gasteiger partial charge >= 0.3 is 0 Å². The molecule has 0 saturated heterocycles. The van der Waals surface area contributed by atoms with Gasteiger partial charge in [0.25, 0.3) is 0 Å². The molecule has 1 aliphatic carbocycles. The highest BCUT2D eigenvalue weighted by Crippen LogP contribution is 2.32. The molecule has 1 aliphatic rings. The highest BCUT2D eigenvalue weighted by atomic mass is 32.1. The van der Waals surface area contributed by atoms with Gasteiger partial charge in [0.05, 0.1) is 7.11 Å². The lowest BCUT2D eigenvalue weighted by Crippen LogP contribution is -2.37. The van der Waals surface area contributed by atoms with E-state index >= 15 is 0 Å². The summed E-state index contributed by atoms with van der Waals surface area (Å²) in [4.78, 5) is 12.6. The van der Waals surface area contributed by atoms with Crippen molar-refractivity contribution in [1.29, 1.82) is 0 Å². The van der Waals surface area contributed by atoms with Gasteiger partial charge in [-0.2, -0.15) is 5.10 Å². The SMILES string of the molecule is COc1ccc(-c2n[nH]c(=S)n2CCC(=O)NC2CCC(c3ccccc3)CC2)cc1. The number of nitrogens with one attached hydrogen (secondary N) is 2. The summed E-state index contributed by atoms with van der Waals surface area (Å²) in [6.45, 7) is 0.488. The fraction of sp³-hybridized carbons (Fsp3) is 0.375. The van der Waals surface area contributed by atoms with Crippen molar-refractivity contribution in [3.63, 3.8) is 0 Å². The number of nitrogens with zero attached hydrogens (tertiary/aromatic N) is 2.